The van der Waals surface area contributed by atoms with Gasteiger partial charge in [0, 0.05) is 0 Å². The number of fused-ring (bicyclic) bond motifs is 1. The first-order chi connectivity index (χ1) is 14.4. The van der Waals surface area contributed by atoms with Crippen LogP contribution in [0.15, 0.2) is 12.7 Å². The summed E-state index contributed by atoms with van der Waals surface area (Å²) in [6, 6.07) is -0.114. The van der Waals surface area contributed by atoms with Crippen molar-refractivity contribution in [1.82, 2.24) is 19.5 Å². The van der Waals surface area contributed by atoms with Crippen LogP contribution in [0.1, 0.15) is 12.5 Å². The number of anilines is 1. The highest BCUT2D eigenvalue weighted by atomic mass is 35.6. The summed E-state index contributed by atoms with van der Waals surface area (Å²) in [5.41, 5.74) is 6.88. The molecule has 174 valence electrons. The molecule has 1 aliphatic heterocycles. The zero-order valence-electron chi connectivity index (χ0n) is 15.5. The van der Waals surface area contributed by atoms with E-state index in [0.717, 1.165) is 0 Å². The van der Waals surface area contributed by atoms with Crippen LogP contribution in [0.5, 0.6) is 0 Å². The SMILES string of the molecule is Nc1ncnc2c1ncn2[C@H]1CO[C@@H](COP(=O)(OCC(Cl)(Cl)Cl)OCC(Cl)(Cl)Cl)C1. The van der Waals surface area contributed by atoms with E-state index in [1.807, 2.05) is 4.57 Å². The van der Waals surface area contributed by atoms with Crippen LogP contribution >= 0.6 is 77.4 Å². The molecule has 1 saturated heterocycles. The molecule has 3 rings (SSSR count). The lowest BCUT2D eigenvalue weighted by Gasteiger charge is -2.23. The number of ether oxygens (including phenoxy) is 1. The van der Waals surface area contributed by atoms with E-state index < -0.39 is 34.7 Å². The van der Waals surface area contributed by atoms with Crippen molar-refractivity contribution in [1.29, 1.82) is 0 Å². The summed E-state index contributed by atoms with van der Waals surface area (Å²) in [6.45, 7) is -0.981. The van der Waals surface area contributed by atoms with E-state index in [1.165, 1.54) is 6.33 Å². The standard InChI is InChI=1S/C14H16Cl6N5O5P/c15-13(16,17)4-29-31(26,30-5-14(18,19)20)28-3-9-1-8(2-27-9)25-7-24-10-11(21)22-6-23-12(10)25/h6-9H,1-5H2,(H2,21,22,23)/t8-,9-/m1/s1. The average Bonchev–Trinajstić information content (AvgIpc) is 3.30. The molecule has 2 atom stereocenters. The highest BCUT2D eigenvalue weighted by Crippen LogP contribution is 2.53. The first-order valence-electron chi connectivity index (χ1n) is 8.57. The number of nitrogens with zero attached hydrogens (tertiary/aromatic N) is 4. The number of imidazole rings is 1. The maximum Gasteiger partial charge on any atom is 0.475 e. The van der Waals surface area contributed by atoms with Gasteiger partial charge in [-0.15, -0.1) is 0 Å². The smallest absolute Gasteiger partial charge is 0.382 e. The molecule has 10 nitrogen and oxygen atoms in total. The molecule has 31 heavy (non-hydrogen) atoms. The van der Waals surface area contributed by atoms with Gasteiger partial charge in [0.15, 0.2) is 11.5 Å². The Morgan fingerprint density at radius 1 is 1.10 bits per heavy atom. The summed E-state index contributed by atoms with van der Waals surface area (Å²) in [6.07, 6.45) is 2.99. The predicted octanol–water partition coefficient (Wildman–Crippen LogP) is 4.64. The minimum absolute atomic E-state index is 0.114. The lowest BCUT2D eigenvalue weighted by Crippen LogP contribution is -2.20. The quantitative estimate of drug-likeness (QED) is 0.353. The monoisotopic (exact) mass is 575 g/mol. The summed E-state index contributed by atoms with van der Waals surface area (Å²) in [4.78, 5) is 12.4. The van der Waals surface area contributed by atoms with Crippen molar-refractivity contribution < 1.29 is 22.9 Å². The van der Waals surface area contributed by atoms with Gasteiger partial charge in [-0.2, -0.15) is 0 Å². The number of rotatable bonds is 8. The number of phosphoric ester groups is 1. The van der Waals surface area contributed by atoms with Crippen LogP contribution < -0.4 is 5.73 Å². The van der Waals surface area contributed by atoms with E-state index in [-0.39, 0.29) is 18.5 Å². The Balaban J connectivity index is 1.62. The Bertz CT molecular complexity index is 932. The third kappa shape index (κ3) is 7.58. The molecule has 0 aliphatic carbocycles. The van der Waals surface area contributed by atoms with Crippen LogP contribution in [0.4, 0.5) is 5.82 Å². The zero-order chi connectivity index (χ0) is 22.9. The van der Waals surface area contributed by atoms with Gasteiger partial charge in [-0.25, -0.2) is 19.5 Å². The number of alkyl halides is 6. The summed E-state index contributed by atoms with van der Waals surface area (Å²) in [5.74, 6) is 0.278. The van der Waals surface area contributed by atoms with E-state index in [2.05, 4.69) is 15.0 Å². The molecular formula is C14H16Cl6N5O5P. The van der Waals surface area contributed by atoms with Crippen molar-refractivity contribution in [3.05, 3.63) is 12.7 Å². The lowest BCUT2D eigenvalue weighted by molar-refractivity contribution is 0.0395. The molecule has 0 aromatic carbocycles. The average molecular weight is 578 g/mol. The van der Waals surface area contributed by atoms with Gasteiger partial charge in [-0.05, 0) is 6.42 Å². The summed E-state index contributed by atoms with van der Waals surface area (Å²) in [5, 5.41) is 0. The minimum Gasteiger partial charge on any atom is -0.382 e. The number of nitrogens with two attached hydrogens (primary N) is 1. The molecule has 0 bridgehead atoms. The van der Waals surface area contributed by atoms with Crippen LogP contribution in [0, 0.1) is 0 Å². The molecule has 3 heterocycles. The van der Waals surface area contributed by atoms with Crippen LogP contribution in [-0.2, 0) is 22.9 Å². The first kappa shape index (κ1) is 25.8. The normalized spacial score (nSPS) is 20.6. The molecular weight excluding hydrogens is 562 g/mol. The molecule has 1 aliphatic rings. The van der Waals surface area contributed by atoms with Crippen molar-refractivity contribution in [3.63, 3.8) is 0 Å². The van der Waals surface area contributed by atoms with Crippen molar-refractivity contribution in [2.24, 2.45) is 0 Å². The van der Waals surface area contributed by atoms with Gasteiger partial charge in [0.25, 0.3) is 0 Å². The Morgan fingerprint density at radius 2 is 1.74 bits per heavy atom. The molecule has 2 aromatic rings. The second-order valence-electron chi connectivity index (χ2n) is 6.45. The number of aromatic nitrogens is 4. The van der Waals surface area contributed by atoms with Gasteiger partial charge in [-0.1, -0.05) is 69.6 Å². The second-order valence-corrected chi connectivity index (χ2v) is 13.1. The molecule has 0 unspecified atom stereocenters. The molecule has 0 saturated carbocycles. The van der Waals surface area contributed by atoms with E-state index in [1.54, 1.807) is 6.33 Å². The largest absolute Gasteiger partial charge is 0.475 e. The highest BCUT2D eigenvalue weighted by molar-refractivity contribution is 7.48. The topological polar surface area (TPSA) is 124 Å². The Hall–Kier alpha value is 0.160. The number of hydrogen-bond donors (Lipinski definition) is 1. The van der Waals surface area contributed by atoms with Gasteiger partial charge in [-0.3, -0.25) is 13.6 Å². The van der Waals surface area contributed by atoms with Gasteiger partial charge in [0.1, 0.15) is 25.1 Å². The van der Waals surface area contributed by atoms with E-state index in [4.69, 9.17) is 93.6 Å². The Kier molecular flexibility index (Phi) is 8.48. The highest BCUT2D eigenvalue weighted by Gasteiger charge is 2.37. The third-order valence-electron chi connectivity index (χ3n) is 4.03. The lowest BCUT2D eigenvalue weighted by atomic mass is 10.2. The molecule has 0 amide bonds. The Morgan fingerprint density at radius 3 is 2.35 bits per heavy atom. The van der Waals surface area contributed by atoms with Crippen LogP contribution in [0.2, 0.25) is 0 Å². The molecule has 2 N–H and O–H groups in total. The molecule has 0 radical (unpaired) electrons. The third-order valence-corrected chi connectivity index (χ3v) is 6.04. The molecule has 0 spiro atoms. The Labute approximate surface area is 207 Å². The number of halogens is 6. The van der Waals surface area contributed by atoms with Crippen LogP contribution in [0.25, 0.3) is 11.2 Å². The fourth-order valence-corrected chi connectivity index (χ4v) is 4.78. The number of hydrogen-bond acceptors (Lipinski definition) is 9. The van der Waals surface area contributed by atoms with Gasteiger partial charge < -0.3 is 15.0 Å². The van der Waals surface area contributed by atoms with Gasteiger partial charge in [0.2, 0.25) is 7.59 Å². The summed E-state index contributed by atoms with van der Waals surface area (Å²) in [7, 11) is -4.23. The predicted molar refractivity (Wildman–Crippen MR) is 119 cm³/mol. The summed E-state index contributed by atoms with van der Waals surface area (Å²) >= 11 is 33.8. The van der Waals surface area contributed by atoms with E-state index in [0.29, 0.717) is 24.2 Å². The molecule has 2 aromatic heterocycles. The van der Waals surface area contributed by atoms with Crippen LogP contribution in [0.3, 0.4) is 0 Å². The number of nitrogen functional groups attached to an aromatic ring is 1. The first-order valence-corrected chi connectivity index (χ1v) is 12.3. The maximum absolute atomic E-state index is 12.9. The van der Waals surface area contributed by atoms with E-state index >= 15 is 0 Å². The minimum atomic E-state index is -4.23. The summed E-state index contributed by atoms with van der Waals surface area (Å²) < 4.78 is 32.1. The van der Waals surface area contributed by atoms with Crippen molar-refractivity contribution in [3.8, 4) is 0 Å². The second kappa shape index (κ2) is 10.2. The fourth-order valence-electron chi connectivity index (χ4n) is 2.72. The van der Waals surface area contributed by atoms with Crippen LogP contribution in [-0.4, -0.2) is 59.6 Å². The van der Waals surface area contributed by atoms with Crippen molar-refractivity contribution >= 4 is 94.4 Å². The van der Waals surface area contributed by atoms with E-state index in [9.17, 15) is 4.57 Å². The van der Waals surface area contributed by atoms with Gasteiger partial charge in [0.05, 0.1) is 31.7 Å². The van der Waals surface area contributed by atoms with Crippen molar-refractivity contribution in [2.75, 3.05) is 32.2 Å². The maximum atomic E-state index is 12.9. The molecule has 17 heteroatoms. The molecule has 1 fully saturated rings. The number of phosphoric acid groups is 1. The zero-order valence-corrected chi connectivity index (χ0v) is 20.9. The van der Waals surface area contributed by atoms with Gasteiger partial charge >= 0.3 is 7.82 Å². The fraction of sp³-hybridized carbons (Fsp3) is 0.643. The van der Waals surface area contributed by atoms with Crippen molar-refractivity contribution in [2.45, 2.75) is 26.2 Å².